The van der Waals surface area contributed by atoms with Crippen molar-refractivity contribution in [2.24, 2.45) is 11.8 Å². The summed E-state index contributed by atoms with van der Waals surface area (Å²) in [5.41, 5.74) is -0.803. The molecule has 0 spiro atoms. The first-order chi connectivity index (χ1) is 15.6. The third kappa shape index (κ3) is 6.61. The van der Waals surface area contributed by atoms with Gasteiger partial charge in [-0.3, -0.25) is 14.4 Å². The van der Waals surface area contributed by atoms with E-state index in [-0.39, 0.29) is 17.9 Å². The molecule has 2 amide bonds. The Morgan fingerprint density at radius 2 is 1.67 bits per heavy atom. The van der Waals surface area contributed by atoms with Gasteiger partial charge >= 0.3 is 12.1 Å². The van der Waals surface area contributed by atoms with E-state index in [1.807, 2.05) is 0 Å². The van der Waals surface area contributed by atoms with Crippen LogP contribution in [0.15, 0.2) is 65.6 Å². The van der Waals surface area contributed by atoms with Crippen LogP contribution in [0.2, 0.25) is 0 Å². The van der Waals surface area contributed by atoms with E-state index in [1.165, 1.54) is 18.2 Å². The van der Waals surface area contributed by atoms with E-state index in [9.17, 15) is 32.7 Å². The molecule has 2 unspecified atom stereocenters. The highest BCUT2D eigenvalue weighted by Crippen LogP contribution is 2.35. The van der Waals surface area contributed by atoms with E-state index >= 15 is 0 Å². The highest BCUT2D eigenvalue weighted by Gasteiger charge is 2.34. The Morgan fingerprint density at radius 3 is 2.36 bits per heavy atom. The zero-order chi connectivity index (χ0) is 24.0. The lowest BCUT2D eigenvalue weighted by Gasteiger charge is -2.24. The van der Waals surface area contributed by atoms with Crippen molar-refractivity contribution in [2.45, 2.75) is 23.9 Å². The Hall–Kier alpha value is -3.27. The molecule has 0 aliphatic heterocycles. The number of benzene rings is 2. The molecule has 10 heteroatoms. The predicted octanol–water partition coefficient (Wildman–Crippen LogP) is 5.04. The molecule has 0 heterocycles. The fraction of sp³-hybridized carbons (Fsp3) is 0.261. The first-order valence-electron chi connectivity index (χ1n) is 10.0. The average Bonchev–Trinajstić information content (AvgIpc) is 2.77. The Morgan fingerprint density at radius 1 is 0.970 bits per heavy atom. The second-order valence-corrected chi connectivity index (χ2v) is 8.44. The van der Waals surface area contributed by atoms with E-state index < -0.39 is 41.4 Å². The van der Waals surface area contributed by atoms with Crippen molar-refractivity contribution in [3.05, 3.63) is 66.2 Å². The number of rotatable bonds is 7. The fourth-order valence-electron chi connectivity index (χ4n) is 3.45. The molecule has 33 heavy (non-hydrogen) atoms. The summed E-state index contributed by atoms with van der Waals surface area (Å²) in [5.74, 6) is -3.67. The van der Waals surface area contributed by atoms with Gasteiger partial charge in [0.15, 0.2) is 0 Å². The molecule has 0 saturated carbocycles. The Bertz CT molecular complexity index is 1070. The summed E-state index contributed by atoms with van der Waals surface area (Å²) in [6, 6.07) is 11.3. The number of thioether (sulfide) groups is 1. The zero-order valence-corrected chi connectivity index (χ0v) is 18.1. The lowest BCUT2D eigenvalue weighted by molar-refractivity contribution is -0.146. The van der Waals surface area contributed by atoms with Gasteiger partial charge in [0.05, 0.1) is 28.8 Å². The quantitative estimate of drug-likeness (QED) is 0.383. The number of hydrogen-bond donors (Lipinski definition) is 3. The average molecular weight is 478 g/mol. The third-order valence-corrected chi connectivity index (χ3v) is 6.06. The molecule has 2 aromatic rings. The summed E-state index contributed by atoms with van der Waals surface area (Å²) < 4.78 is 39.2. The minimum atomic E-state index is -4.59. The summed E-state index contributed by atoms with van der Waals surface area (Å²) >= 11 is 1.09. The summed E-state index contributed by atoms with van der Waals surface area (Å²) in [7, 11) is 0. The number of carboxylic acids is 1. The zero-order valence-electron chi connectivity index (χ0n) is 17.3. The monoisotopic (exact) mass is 478 g/mol. The number of para-hydroxylation sites is 1. The first kappa shape index (κ1) is 24.4. The number of amides is 2. The van der Waals surface area contributed by atoms with E-state index in [0.29, 0.717) is 17.0 Å². The van der Waals surface area contributed by atoms with Crippen LogP contribution in [0.4, 0.5) is 24.5 Å². The van der Waals surface area contributed by atoms with Gasteiger partial charge in [-0.05, 0) is 43.2 Å². The maximum absolute atomic E-state index is 13.1. The maximum Gasteiger partial charge on any atom is 0.418 e. The Balaban J connectivity index is 1.59. The number of anilines is 2. The van der Waals surface area contributed by atoms with Gasteiger partial charge in [0.1, 0.15) is 0 Å². The third-order valence-electron chi connectivity index (χ3n) is 5.06. The summed E-state index contributed by atoms with van der Waals surface area (Å²) in [6.45, 7) is 0. The summed E-state index contributed by atoms with van der Waals surface area (Å²) in [5, 5.41) is 14.3. The minimum Gasteiger partial charge on any atom is -0.481 e. The number of carbonyl (C=O) groups is 3. The van der Waals surface area contributed by atoms with Crippen LogP contribution in [0.1, 0.15) is 18.4 Å². The molecule has 2 atom stereocenters. The highest BCUT2D eigenvalue weighted by molar-refractivity contribution is 8.00. The minimum absolute atomic E-state index is 0.141. The van der Waals surface area contributed by atoms with Crippen molar-refractivity contribution in [3.8, 4) is 0 Å². The number of aliphatic carboxylic acids is 1. The second-order valence-electron chi connectivity index (χ2n) is 7.39. The number of hydrogen-bond acceptors (Lipinski definition) is 4. The fourth-order valence-corrected chi connectivity index (χ4v) is 4.20. The predicted molar refractivity (Wildman–Crippen MR) is 119 cm³/mol. The first-order valence-corrected chi connectivity index (χ1v) is 11.0. The van der Waals surface area contributed by atoms with Gasteiger partial charge < -0.3 is 15.7 Å². The van der Waals surface area contributed by atoms with E-state index in [0.717, 1.165) is 17.8 Å². The second kappa shape index (κ2) is 10.6. The normalized spacial score (nSPS) is 17.9. The van der Waals surface area contributed by atoms with Gasteiger partial charge in [0.2, 0.25) is 11.8 Å². The van der Waals surface area contributed by atoms with Crippen molar-refractivity contribution in [1.29, 1.82) is 0 Å². The molecule has 3 rings (SSSR count). The van der Waals surface area contributed by atoms with Crippen LogP contribution in [0.5, 0.6) is 0 Å². The molecular formula is C23H21F3N2O4S. The SMILES string of the molecule is O=C(CSc1cccc(NC(=O)C2CC=CCC2C(=O)O)c1)Nc1ccccc1C(F)(F)F. The molecule has 174 valence electrons. The number of carbonyl (C=O) groups excluding carboxylic acids is 2. The van der Waals surface area contributed by atoms with Crippen molar-refractivity contribution >= 4 is 40.9 Å². The molecule has 0 aromatic heterocycles. The number of nitrogens with one attached hydrogen (secondary N) is 2. The standard InChI is InChI=1S/C23H21F3N2O4S/c24-23(25,26)18-10-3-4-11-19(18)28-20(29)13-33-15-7-5-6-14(12-15)27-21(30)16-8-1-2-9-17(16)22(31)32/h1-7,10-12,16-17H,8-9,13H2,(H,27,30)(H,28,29)(H,31,32). The Kier molecular flexibility index (Phi) is 7.80. The van der Waals surface area contributed by atoms with Gasteiger partial charge in [-0.25, -0.2) is 0 Å². The van der Waals surface area contributed by atoms with Crippen molar-refractivity contribution in [2.75, 3.05) is 16.4 Å². The molecule has 3 N–H and O–H groups in total. The van der Waals surface area contributed by atoms with Crippen LogP contribution in [-0.4, -0.2) is 28.6 Å². The largest absolute Gasteiger partial charge is 0.481 e. The number of allylic oxidation sites excluding steroid dienone is 2. The van der Waals surface area contributed by atoms with E-state index in [1.54, 1.807) is 36.4 Å². The number of alkyl halides is 3. The molecule has 0 radical (unpaired) electrons. The van der Waals surface area contributed by atoms with Crippen LogP contribution in [0.3, 0.4) is 0 Å². The molecule has 2 aromatic carbocycles. The van der Waals surface area contributed by atoms with Crippen LogP contribution in [-0.2, 0) is 20.6 Å². The van der Waals surface area contributed by atoms with Crippen LogP contribution < -0.4 is 10.6 Å². The van der Waals surface area contributed by atoms with Crippen molar-refractivity contribution in [1.82, 2.24) is 0 Å². The summed E-state index contributed by atoms with van der Waals surface area (Å²) in [6.07, 6.45) is -0.437. The maximum atomic E-state index is 13.1. The molecular weight excluding hydrogens is 457 g/mol. The summed E-state index contributed by atoms with van der Waals surface area (Å²) in [4.78, 5) is 36.8. The highest BCUT2D eigenvalue weighted by atomic mass is 32.2. The Labute approximate surface area is 192 Å². The van der Waals surface area contributed by atoms with Crippen LogP contribution in [0.25, 0.3) is 0 Å². The smallest absolute Gasteiger partial charge is 0.418 e. The van der Waals surface area contributed by atoms with Gasteiger partial charge in [-0.2, -0.15) is 13.2 Å². The van der Waals surface area contributed by atoms with Crippen LogP contribution >= 0.6 is 11.8 Å². The molecule has 0 fully saturated rings. The van der Waals surface area contributed by atoms with Gasteiger partial charge in [-0.15, -0.1) is 11.8 Å². The molecule has 1 aliphatic rings. The van der Waals surface area contributed by atoms with Crippen molar-refractivity contribution in [3.63, 3.8) is 0 Å². The molecule has 0 bridgehead atoms. The van der Waals surface area contributed by atoms with Gasteiger partial charge in [-0.1, -0.05) is 30.4 Å². The van der Waals surface area contributed by atoms with Gasteiger partial charge in [0, 0.05) is 10.6 Å². The van der Waals surface area contributed by atoms with E-state index in [4.69, 9.17) is 0 Å². The van der Waals surface area contributed by atoms with E-state index in [2.05, 4.69) is 10.6 Å². The molecule has 0 saturated heterocycles. The van der Waals surface area contributed by atoms with Gasteiger partial charge in [0.25, 0.3) is 0 Å². The molecule has 6 nitrogen and oxygen atoms in total. The lowest BCUT2D eigenvalue weighted by atomic mass is 9.82. The lowest BCUT2D eigenvalue weighted by Crippen LogP contribution is -2.34. The number of halogens is 3. The van der Waals surface area contributed by atoms with Crippen LogP contribution in [0, 0.1) is 11.8 Å². The number of carboxylic acid groups (broad SMARTS) is 1. The van der Waals surface area contributed by atoms with Crippen molar-refractivity contribution < 1.29 is 32.7 Å². The molecule has 1 aliphatic carbocycles. The topological polar surface area (TPSA) is 95.5 Å².